The van der Waals surface area contributed by atoms with Crippen LogP contribution in [0.15, 0.2) is 28.7 Å². The summed E-state index contributed by atoms with van der Waals surface area (Å²) in [6.07, 6.45) is 0. The van der Waals surface area contributed by atoms with E-state index in [1.807, 2.05) is 38.1 Å². The van der Waals surface area contributed by atoms with Gasteiger partial charge in [-0.25, -0.2) is 0 Å². The second-order valence-corrected chi connectivity index (χ2v) is 4.61. The van der Waals surface area contributed by atoms with Crippen LogP contribution in [-0.2, 0) is 4.79 Å². The third-order valence-electron chi connectivity index (χ3n) is 3.28. The Hall–Kier alpha value is -1.77. The predicted octanol–water partition coefficient (Wildman–Crippen LogP) is 3.57. The highest BCUT2D eigenvalue weighted by atomic mass is 16.4. The Balaban J connectivity index is 2.39. The minimum absolute atomic E-state index is 0.125. The van der Waals surface area contributed by atoms with E-state index in [-0.39, 0.29) is 5.92 Å². The molecule has 1 N–H and O–H groups in total. The number of hydrogen-bond acceptors (Lipinski definition) is 2. The van der Waals surface area contributed by atoms with E-state index in [9.17, 15) is 4.79 Å². The van der Waals surface area contributed by atoms with Crippen LogP contribution in [0.4, 0.5) is 0 Å². The number of fused-ring (bicyclic) bond motifs is 1. The van der Waals surface area contributed by atoms with E-state index < -0.39 is 11.9 Å². The maximum absolute atomic E-state index is 10.9. The van der Waals surface area contributed by atoms with Gasteiger partial charge in [0.05, 0.1) is 5.92 Å². The predicted molar refractivity (Wildman–Crippen MR) is 66.2 cm³/mol. The first-order valence-electron chi connectivity index (χ1n) is 5.72. The van der Waals surface area contributed by atoms with Crippen LogP contribution in [-0.4, -0.2) is 11.1 Å². The zero-order valence-electron chi connectivity index (χ0n) is 10.2. The van der Waals surface area contributed by atoms with Crippen molar-refractivity contribution in [1.82, 2.24) is 0 Å². The summed E-state index contributed by atoms with van der Waals surface area (Å²) in [5, 5.41) is 10.0. The Kier molecular flexibility index (Phi) is 2.92. The average molecular weight is 232 g/mol. The highest BCUT2D eigenvalue weighted by Gasteiger charge is 2.23. The van der Waals surface area contributed by atoms with Gasteiger partial charge in [0.15, 0.2) is 0 Å². The molecule has 3 nitrogen and oxygen atoms in total. The molecule has 2 rings (SSSR count). The molecule has 3 heteroatoms. The van der Waals surface area contributed by atoms with Crippen molar-refractivity contribution < 1.29 is 14.3 Å². The quantitative estimate of drug-likeness (QED) is 0.880. The van der Waals surface area contributed by atoms with Gasteiger partial charge in [-0.05, 0) is 25.1 Å². The molecule has 0 bridgehead atoms. The van der Waals surface area contributed by atoms with Crippen molar-refractivity contribution in [3.8, 4) is 0 Å². The van der Waals surface area contributed by atoms with Gasteiger partial charge in [-0.3, -0.25) is 4.79 Å². The number of furan rings is 1. The number of hydrogen-bond donors (Lipinski definition) is 1. The molecule has 0 aliphatic rings. The van der Waals surface area contributed by atoms with Crippen LogP contribution in [0.25, 0.3) is 11.0 Å². The lowest BCUT2D eigenvalue weighted by Gasteiger charge is -2.12. The number of rotatable bonds is 3. The fourth-order valence-electron chi connectivity index (χ4n) is 1.87. The molecule has 0 aliphatic carbocycles. The first-order chi connectivity index (χ1) is 7.99. The molecular weight excluding hydrogens is 216 g/mol. The zero-order valence-corrected chi connectivity index (χ0v) is 10.2. The van der Waals surface area contributed by atoms with Crippen molar-refractivity contribution in [2.24, 2.45) is 5.92 Å². The lowest BCUT2D eigenvalue weighted by molar-refractivity contribution is -0.141. The molecule has 0 saturated carbocycles. The molecule has 2 unspecified atom stereocenters. The molecule has 0 fully saturated rings. The first-order valence-corrected chi connectivity index (χ1v) is 5.72. The molecule has 2 aromatic rings. The number of aliphatic carboxylic acids is 1. The lowest BCUT2D eigenvalue weighted by Crippen LogP contribution is -2.16. The maximum atomic E-state index is 10.9. The largest absolute Gasteiger partial charge is 0.481 e. The van der Waals surface area contributed by atoms with Gasteiger partial charge in [0.2, 0.25) is 0 Å². The van der Waals surface area contributed by atoms with Gasteiger partial charge < -0.3 is 9.52 Å². The molecule has 17 heavy (non-hydrogen) atoms. The van der Waals surface area contributed by atoms with Crippen molar-refractivity contribution >= 4 is 16.9 Å². The molecule has 0 amide bonds. The van der Waals surface area contributed by atoms with Gasteiger partial charge in [0.1, 0.15) is 11.3 Å². The summed E-state index contributed by atoms with van der Waals surface area (Å²) >= 11 is 0. The number of carboxylic acids is 1. The number of carbonyl (C=O) groups is 1. The monoisotopic (exact) mass is 232 g/mol. The summed E-state index contributed by atoms with van der Waals surface area (Å²) in [5.74, 6) is -0.633. The van der Waals surface area contributed by atoms with Gasteiger partial charge in [0, 0.05) is 11.3 Å². The third kappa shape index (κ3) is 2.18. The molecule has 0 saturated heterocycles. The Labute approximate surface area is 100 Å². The van der Waals surface area contributed by atoms with E-state index in [1.165, 1.54) is 5.56 Å². The molecule has 90 valence electrons. The summed E-state index contributed by atoms with van der Waals surface area (Å²) in [4.78, 5) is 10.9. The number of benzene rings is 1. The summed E-state index contributed by atoms with van der Waals surface area (Å²) in [6.45, 7) is 5.60. The second kappa shape index (κ2) is 4.24. The highest BCUT2D eigenvalue weighted by Crippen LogP contribution is 2.30. The van der Waals surface area contributed by atoms with E-state index >= 15 is 0 Å². The van der Waals surface area contributed by atoms with Crippen LogP contribution in [0.5, 0.6) is 0 Å². The van der Waals surface area contributed by atoms with E-state index in [0.29, 0.717) is 0 Å². The van der Waals surface area contributed by atoms with Crippen LogP contribution in [0.3, 0.4) is 0 Å². The minimum Gasteiger partial charge on any atom is -0.481 e. The molecule has 0 spiro atoms. The summed E-state index contributed by atoms with van der Waals surface area (Å²) in [7, 11) is 0. The van der Waals surface area contributed by atoms with Gasteiger partial charge in [-0.15, -0.1) is 0 Å². The fraction of sp³-hybridized carbons (Fsp3) is 0.357. The van der Waals surface area contributed by atoms with Crippen molar-refractivity contribution in [3.63, 3.8) is 0 Å². The van der Waals surface area contributed by atoms with Crippen molar-refractivity contribution in [3.05, 3.63) is 35.6 Å². The van der Waals surface area contributed by atoms with E-state index in [0.717, 1.165) is 16.7 Å². The molecule has 1 aromatic carbocycles. The van der Waals surface area contributed by atoms with E-state index in [4.69, 9.17) is 9.52 Å². The maximum Gasteiger partial charge on any atom is 0.306 e. The topological polar surface area (TPSA) is 50.4 Å². The lowest BCUT2D eigenvalue weighted by atomic mass is 9.94. The van der Waals surface area contributed by atoms with Gasteiger partial charge in [-0.2, -0.15) is 0 Å². The first kappa shape index (κ1) is 11.7. The van der Waals surface area contributed by atoms with Crippen molar-refractivity contribution in [2.45, 2.75) is 26.7 Å². The SMILES string of the molecule is Cc1ccc2oc(C(C)C(C)C(=O)O)cc2c1. The molecule has 0 radical (unpaired) electrons. The second-order valence-electron chi connectivity index (χ2n) is 4.61. The standard InChI is InChI=1S/C14H16O3/c1-8-4-5-12-11(6-8)7-13(17-12)9(2)10(3)14(15)16/h4-7,9-10H,1-3H3,(H,15,16). The van der Waals surface area contributed by atoms with E-state index in [2.05, 4.69) is 0 Å². The van der Waals surface area contributed by atoms with Crippen LogP contribution in [0, 0.1) is 12.8 Å². The van der Waals surface area contributed by atoms with Crippen LogP contribution >= 0.6 is 0 Å². The van der Waals surface area contributed by atoms with Gasteiger partial charge in [-0.1, -0.05) is 25.5 Å². The molecule has 2 atom stereocenters. The number of carboxylic acid groups (broad SMARTS) is 1. The van der Waals surface area contributed by atoms with Gasteiger partial charge in [0.25, 0.3) is 0 Å². The van der Waals surface area contributed by atoms with Crippen molar-refractivity contribution in [2.75, 3.05) is 0 Å². The minimum atomic E-state index is -0.797. The fourth-order valence-corrected chi connectivity index (χ4v) is 1.87. The van der Waals surface area contributed by atoms with Crippen molar-refractivity contribution in [1.29, 1.82) is 0 Å². The Bertz CT molecular complexity index is 554. The van der Waals surface area contributed by atoms with Crippen LogP contribution < -0.4 is 0 Å². The molecular formula is C14H16O3. The summed E-state index contributed by atoms with van der Waals surface area (Å²) in [6, 6.07) is 7.89. The Morgan fingerprint density at radius 1 is 1.29 bits per heavy atom. The highest BCUT2D eigenvalue weighted by molar-refractivity contribution is 5.79. The van der Waals surface area contributed by atoms with Gasteiger partial charge >= 0.3 is 5.97 Å². The summed E-state index contributed by atoms with van der Waals surface area (Å²) < 4.78 is 5.69. The zero-order chi connectivity index (χ0) is 12.6. The van der Waals surface area contributed by atoms with Crippen LogP contribution in [0.2, 0.25) is 0 Å². The smallest absolute Gasteiger partial charge is 0.306 e. The number of aryl methyl sites for hydroxylation is 1. The Morgan fingerprint density at radius 2 is 2.00 bits per heavy atom. The Morgan fingerprint density at radius 3 is 2.65 bits per heavy atom. The third-order valence-corrected chi connectivity index (χ3v) is 3.28. The average Bonchev–Trinajstić information content (AvgIpc) is 2.69. The molecule has 1 aromatic heterocycles. The summed E-state index contributed by atoms with van der Waals surface area (Å²) in [5.41, 5.74) is 1.99. The normalized spacial score (nSPS) is 14.8. The van der Waals surface area contributed by atoms with E-state index in [1.54, 1.807) is 6.92 Å². The molecule has 1 heterocycles. The van der Waals surface area contributed by atoms with Crippen LogP contribution in [0.1, 0.15) is 31.1 Å². The molecule has 0 aliphatic heterocycles.